The second-order valence-electron chi connectivity index (χ2n) is 5.35. The van der Waals surface area contributed by atoms with Crippen molar-refractivity contribution in [2.45, 2.75) is 65.5 Å². The molecule has 108 valence electrons. The zero-order valence-electron chi connectivity index (χ0n) is 12.9. The summed E-state index contributed by atoms with van der Waals surface area (Å²) in [5, 5.41) is 3.65. The summed E-state index contributed by atoms with van der Waals surface area (Å²) < 4.78 is 5.60. The molecule has 19 heavy (non-hydrogen) atoms. The molecule has 1 rings (SSSR count). The molecule has 0 aliphatic heterocycles. The van der Waals surface area contributed by atoms with Gasteiger partial charge in [-0.05, 0) is 44.4 Å². The van der Waals surface area contributed by atoms with E-state index in [4.69, 9.17) is 4.74 Å². The molecule has 0 radical (unpaired) electrons. The Morgan fingerprint density at radius 1 is 1.05 bits per heavy atom. The highest BCUT2D eigenvalue weighted by atomic mass is 16.5. The van der Waals surface area contributed by atoms with E-state index in [2.05, 4.69) is 57.3 Å². The molecule has 1 aromatic carbocycles. The summed E-state index contributed by atoms with van der Waals surface area (Å²) >= 11 is 0. The molecule has 2 atom stereocenters. The number of hydrogen-bond acceptors (Lipinski definition) is 2. The van der Waals surface area contributed by atoms with E-state index >= 15 is 0 Å². The van der Waals surface area contributed by atoms with Gasteiger partial charge in [0.1, 0.15) is 5.75 Å². The smallest absolute Gasteiger partial charge is 0.119 e. The minimum absolute atomic E-state index is 0.395. The van der Waals surface area contributed by atoms with Gasteiger partial charge >= 0.3 is 0 Å². The molecule has 0 aliphatic carbocycles. The van der Waals surface area contributed by atoms with Crippen molar-refractivity contribution in [3.05, 3.63) is 29.8 Å². The van der Waals surface area contributed by atoms with E-state index in [1.807, 2.05) is 0 Å². The predicted octanol–water partition coefficient (Wildman–Crippen LogP) is 4.70. The summed E-state index contributed by atoms with van der Waals surface area (Å²) in [7, 11) is 0. The summed E-state index contributed by atoms with van der Waals surface area (Å²) in [5.74, 6) is 0.969. The van der Waals surface area contributed by atoms with Gasteiger partial charge in [-0.1, -0.05) is 38.8 Å². The maximum Gasteiger partial charge on any atom is 0.119 e. The molecule has 0 fully saturated rings. The van der Waals surface area contributed by atoms with Crippen molar-refractivity contribution in [1.82, 2.24) is 5.32 Å². The molecule has 0 saturated heterocycles. The summed E-state index contributed by atoms with van der Waals surface area (Å²) in [6.07, 6.45) is 4.86. The lowest BCUT2D eigenvalue weighted by molar-refractivity contribution is 0.317. The highest BCUT2D eigenvalue weighted by molar-refractivity contribution is 5.29. The minimum atomic E-state index is 0.395. The Kier molecular flexibility index (Phi) is 7.57. The minimum Gasteiger partial charge on any atom is -0.494 e. The standard InChI is InChI=1S/C17H29NO/c1-5-7-8-14(3)18-15(4)16-9-11-17(12-10-16)19-13-6-2/h9-12,14-15,18H,5-8,13H2,1-4H3. The molecule has 2 nitrogen and oxygen atoms in total. The van der Waals surface area contributed by atoms with Crippen LogP contribution in [0.15, 0.2) is 24.3 Å². The third kappa shape index (κ3) is 6.11. The molecule has 0 aromatic heterocycles. The van der Waals surface area contributed by atoms with E-state index in [9.17, 15) is 0 Å². The Hall–Kier alpha value is -1.02. The summed E-state index contributed by atoms with van der Waals surface area (Å²) in [6, 6.07) is 9.43. The first-order chi connectivity index (χ1) is 9.17. The Labute approximate surface area is 118 Å². The van der Waals surface area contributed by atoms with Gasteiger partial charge in [0, 0.05) is 12.1 Å². The van der Waals surface area contributed by atoms with Gasteiger partial charge in [-0.2, -0.15) is 0 Å². The van der Waals surface area contributed by atoms with Gasteiger partial charge in [0.05, 0.1) is 6.61 Å². The fourth-order valence-corrected chi connectivity index (χ4v) is 2.19. The van der Waals surface area contributed by atoms with Crippen LogP contribution in [0, 0.1) is 0 Å². The lowest BCUT2D eigenvalue weighted by atomic mass is 10.1. The van der Waals surface area contributed by atoms with Crippen LogP contribution in [0.25, 0.3) is 0 Å². The number of benzene rings is 1. The third-order valence-electron chi connectivity index (χ3n) is 3.38. The Morgan fingerprint density at radius 3 is 2.32 bits per heavy atom. The Bertz CT molecular complexity index is 334. The first kappa shape index (κ1) is 16.0. The second kappa shape index (κ2) is 8.98. The lowest BCUT2D eigenvalue weighted by Gasteiger charge is -2.20. The van der Waals surface area contributed by atoms with Crippen LogP contribution < -0.4 is 10.1 Å². The maximum absolute atomic E-state index is 5.60. The second-order valence-corrected chi connectivity index (χ2v) is 5.35. The summed E-state index contributed by atoms with van der Waals surface area (Å²) in [5.41, 5.74) is 1.33. The number of unbranched alkanes of at least 4 members (excludes halogenated alkanes) is 1. The van der Waals surface area contributed by atoms with Crippen LogP contribution in [0.4, 0.5) is 0 Å². The van der Waals surface area contributed by atoms with Crippen LogP contribution in [-0.2, 0) is 0 Å². The summed E-state index contributed by atoms with van der Waals surface area (Å²) in [4.78, 5) is 0. The largest absolute Gasteiger partial charge is 0.494 e. The average Bonchev–Trinajstić information content (AvgIpc) is 2.43. The molecule has 0 spiro atoms. The zero-order valence-corrected chi connectivity index (χ0v) is 12.9. The molecule has 0 bridgehead atoms. The van der Waals surface area contributed by atoms with Gasteiger partial charge < -0.3 is 10.1 Å². The van der Waals surface area contributed by atoms with Crippen LogP contribution in [0.2, 0.25) is 0 Å². The van der Waals surface area contributed by atoms with Crippen molar-refractivity contribution in [3.63, 3.8) is 0 Å². The van der Waals surface area contributed by atoms with E-state index in [0.717, 1.165) is 18.8 Å². The van der Waals surface area contributed by atoms with E-state index < -0.39 is 0 Å². The van der Waals surface area contributed by atoms with Crippen molar-refractivity contribution in [1.29, 1.82) is 0 Å². The third-order valence-corrected chi connectivity index (χ3v) is 3.38. The molecule has 0 amide bonds. The van der Waals surface area contributed by atoms with Crippen molar-refractivity contribution in [2.24, 2.45) is 0 Å². The Morgan fingerprint density at radius 2 is 1.74 bits per heavy atom. The SMILES string of the molecule is CCCCC(C)NC(C)c1ccc(OCCC)cc1. The van der Waals surface area contributed by atoms with Gasteiger partial charge in [0.25, 0.3) is 0 Å². The molecule has 1 aromatic rings. The number of ether oxygens (including phenoxy) is 1. The van der Waals surface area contributed by atoms with Crippen molar-refractivity contribution < 1.29 is 4.74 Å². The fourth-order valence-electron chi connectivity index (χ4n) is 2.19. The van der Waals surface area contributed by atoms with E-state index in [1.165, 1.54) is 24.8 Å². The van der Waals surface area contributed by atoms with Gasteiger partial charge in [-0.3, -0.25) is 0 Å². The average molecular weight is 263 g/mol. The van der Waals surface area contributed by atoms with Crippen LogP contribution in [0.5, 0.6) is 5.75 Å². The number of rotatable bonds is 9. The first-order valence-corrected chi connectivity index (χ1v) is 7.66. The topological polar surface area (TPSA) is 21.3 Å². The number of hydrogen-bond donors (Lipinski definition) is 1. The molecule has 0 aliphatic rings. The molecule has 0 heterocycles. The molecular formula is C17H29NO. The summed E-state index contributed by atoms with van der Waals surface area (Å²) in [6.45, 7) is 9.65. The van der Waals surface area contributed by atoms with E-state index in [1.54, 1.807) is 0 Å². The fraction of sp³-hybridized carbons (Fsp3) is 0.647. The van der Waals surface area contributed by atoms with E-state index in [0.29, 0.717) is 12.1 Å². The molecule has 1 N–H and O–H groups in total. The first-order valence-electron chi connectivity index (χ1n) is 7.66. The highest BCUT2D eigenvalue weighted by Gasteiger charge is 2.09. The van der Waals surface area contributed by atoms with Crippen molar-refractivity contribution in [2.75, 3.05) is 6.61 Å². The predicted molar refractivity (Wildman–Crippen MR) is 82.8 cm³/mol. The van der Waals surface area contributed by atoms with E-state index in [-0.39, 0.29) is 0 Å². The molecule has 0 saturated carbocycles. The van der Waals surface area contributed by atoms with Gasteiger partial charge in [-0.15, -0.1) is 0 Å². The lowest BCUT2D eigenvalue weighted by Crippen LogP contribution is -2.28. The maximum atomic E-state index is 5.60. The van der Waals surface area contributed by atoms with Gasteiger partial charge in [-0.25, -0.2) is 0 Å². The van der Waals surface area contributed by atoms with Crippen molar-refractivity contribution in [3.8, 4) is 5.75 Å². The molecule has 2 unspecified atom stereocenters. The molecule has 2 heteroatoms. The van der Waals surface area contributed by atoms with Crippen LogP contribution in [0.1, 0.15) is 65.0 Å². The molecular weight excluding hydrogens is 234 g/mol. The van der Waals surface area contributed by atoms with Crippen molar-refractivity contribution >= 4 is 0 Å². The highest BCUT2D eigenvalue weighted by Crippen LogP contribution is 2.18. The quantitative estimate of drug-likeness (QED) is 0.697. The van der Waals surface area contributed by atoms with Crippen LogP contribution in [-0.4, -0.2) is 12.6 Å². The monoisotopic (exact) mass is 263 g/mol. The van der Waals surface area contributed by atoms with Crippen LogP contribution >= 0.6 is 0 Å². The number of nitrogens with one attached hydrogen (secondary N) is 1. The van der Waals surface area contributed by atoms with Crippen LogP contribution in [0.3, 0.4) is 0 Å². The van der Waals surface area contributed by atoms with Gasteiger partial charge in [0.2, 0.25) is 0 Å². The normalized spacial score (nSPS) is 14.1. The van der Waals surface area contributed by atoms with Gasteiger partial charge in [0.15, 0.2) is 0 Å². The zero-order chi connectivity index (χ0) is 14.1. The Balaban J connectivity index is 2.45.